The molecule has 0 saturated heterocycles. The number of carbonyl (C=O) groups is 1. The molecule has 1 unspecified atom stereocenters. The Morgan fingerprint density at radius 1 is 1.11 bits per heavy atom. The Bertz CT molecular complexity index is 1180. The minimum atomic E-state index is -3.71. The summed E-state index contributed by atoms with van der Waals surface area (Å²) in [5.41, 5.74) is 3.71. The Balaban J connectivity index is 1.61. The fraction of sp³-hybridized carbons (Fsp3) is 0.607. The molecule has 0 fully saturated rings. The van der Waals surface area contributed by atoms with Crippen molar-refractivity contribution in [3.05, 3.63) is 46.8 Å². The number of aryl methyl sites for hydroxylation is 2. The summed E-state index contributed by atoms with van der Waals surface area (Å²) in [5, 5.41) is 0. The molecule has 1 aromatic heterocycles. The van der Waals surface area contributed by atoms with Gasteiger partial charge in [-0.3, -0.25) is 4.79 Å². The summed E-state index contributed by atoms with van der Waals surface area (Å²) < 4.78 is 41.1. The van der Waals surface area contributed by atoms with Crippen molar-refractivity contribution in [1.29, 1.82) is 0 Å². The van der Waals surface area contributed by atoms with E-state index in [2.05, 4.69) is 42.6 Å². The van der Waals surface area contributed by atoms with Crippen LogP contribution in [0.15, 0.2) is 29.2 Å². The number of fused-ring (bicyclic) bond motifs is 1. The summed E-state index contributed by atoms with van der Waals surface area (Å²) >= 11 is 0. The van der Waals surface area contributed by atoms with Crippen LogP contribution in [0.2, 0.25) is 0 Å². The molecule has 38 heavy (non-hydrogen) atoms. The van der Waals surface area contributed by atoms with Crippen molar-refractivity contribution in [2.45, 2.75) is 64.1 Å². The van der Waals surface area contributed by atoms with Gasteiger partial charge >= 0.3 is 0 Å². The maximum Gasteiger partial charge on any atom is 0.249 e. The Kier molecular flexibility index (Phi) is 10.4. The lowest BCUT2D eigenvalue weighted by molar-refractivity contribution is -0.140. The number of carbonyl (C=O) groups excluding carboxylic acids is 1. The van der Waals surface area contributed by atoms with E-state index in [1.807, 2.05) is 4.90 Å². The lowest BCUT2D eigenvalue weighted by Crippen LogP contribution is -2.44. The largest absolute Gasteiger partial charge is 0.497 e. The van der Waals surface area contributed by atoms with Crippen molar-refractivity contribution in [2.24, 2.45) is 0 Å². The normalized spacial score (nSPS) is 15.8. The van der Waals surface area contributed by atoms with Crippen LogP contribution >= 0.6 is 0 Å². The predicted octanol–water partition coefficient (Wildman–Crippen LogP) is 3.59. The number of likely N-dealkylation sites (N-methyl/N-ethyl adjacent to an activating group) is 1. The van der Waals surface area contributed by atoms with Crippen molar-refractivity contribution in [2.75, 3.05) is 54.6 Å². The number of ether oxygens (including phenoxy) is 2. The van der Waals surface area contributed by atoms with E-state index in [0.29, 0.717) is 23.4 Å². The minimum absolute atomic E-state index is 0.0276. The Hall–Kier alpha value is -2.40. The highest BCUT2D eigenvalue weighted by atomic mass is 32.2. The molecule has 0 bridgehead atoms. The van der Waals surface area contributed by atoms with Gasteiger partial charge in [0.25, 0.3) is 0 Å². The van der Waals surface area contributed by atoms with Gasteiger partial charge in [0.15, 0.2) is 0 Å². The first-order chi connectivity index (χ1) is 18.0. The average Bonchev–Trinajstić information content (AvgIpc) is 3.26. The highest BCUT2D eigenvalue weighted by Gasteiger charge is 2.32. The number of unbranched alkanes of at least 4 members (excludes halogenated alkanes) is 1. The molecular weight excluding hydrogens is 504 g/mol. The molecule has 1 aliphatic heterocycles. The lowest BCUT2D eigenvalue weighted by Gasteiger charge is -2.38. The summed E-state index contributed by atoms with van der Waals surface area (Å²) in [4.78, 5) is 17.6. The molecule has 2 aromatic rings. The molecule has 1 atom stereocenters. The monoisotopic (exact) mass is 548 g/mol. The number of hydrogen-bond donors (Lipinski definition) is 0. The third-order valence-electron chi connectivity index (χ3n) is 7.13. The number of aromatic nitrogens is 1. The molecule has 1 aliphatic rings. The first-order valence-electron chi connectivity index (χ1n) is 13.3. The van der Waals surface area contributed by atoms with Crippen LogP contribution in [0.4, 0.5) is 0 Å². The molecule has 212 valence electrons. The Labute approximate surface area is 228 Å². The zero-order valence-corrected chi connectivity index (χ0v) is 24.8. The second kappa shape index (κ2) is 13.1. The topological polar surface area (TPSA) is 84.3 Å². The van der Waals surface area contributed by atoms with Crippen LogP contribution in [0.5, 0.6) is 5.75 Å². The second-order valence-corrected chi connectivity index (χ2v) is 12.3. The lowest BCUT2D eigenvalue weighted by atomic mass is 10.0. The molecule has 0 radical (unpaired) electrons. The summed E-state index contributed by atoms with van der Waals surface area (Å²) in [7, 11) is 3.51. The Morgan fingerprint density at radius 2 is 1.79 bits per heavy atom. The standard InChI is InChI=1S/C28H44N4O5S/c1-8-9-10-25-26-12-11-23(19-29(4)5)31(26)13-14-32(25)27(33)20-37-16-15-30(6)38(34,35)28-21(2)17-24(36-7)18-22(28)3/h11-12,17-18,25H,8-10,13-16,19-20H2,1-7H3. The van der Waals surface area contributed by atoms with Gasteiger partial charge in [0.1, 0.15) is 12.4 Å². The molecule has 2 heterocycles. The van der Waals surface area contributed by atoms with Crippen LogP contribution in [0.25, 0.3) is 0 Å². The molecule has 1 amide bonds. The van der Waals surface area contributed by atoms with Crippen LogP contribution in [-0.2, 0) is 32.6 Å². The molecule has 3 rings (SSSR count). The molecule has 10 heteroatoms. The molecule has 1 aromatic carbocycles. The molecule has 0 N–H and O–H groups in total. The van der Waals surface area contributed by atoms with Crippen LogP contribution in [0.1, 0.15) is 54.7 Å². The molecular formula is C28H44N4O5S. The summed E-state index contributed by atoms with van der Waals surface area (Å²) in [6.07, 6.45) is 3.01. The third-order valence-corrected chi connectivity index (χ3v) is 9.29. The number of hydrogen-bond acceptors (Lipinski definition) is 6. The molecule has 0 aliphatic carbocycles. The van der Waals surface area contributed by atoms with E-state index in [1.54, 1.807) is 33.1 Å². The van der Waals surface area contributed by atoms with E-state index >= 15 is 0 Å². The number of rotatable bonds is 13. The van der Waals surface area contributed by atoms with Crippen LogP contribution < -0.4 is 4.74 Å². The maximum atomic E-state index is 13.2. The van der Waals surface area contributed by atoms with Gasteiger partial charge in [-0.2, -0.15) is 4.31 Å². The summed E-state index contributed by atoms with van der Waals surface area (Å²) in [6, 6.07) is 7.79. The Morgan fingerprint density at radius 3 is 2.39 bits per heavy atom. The van der Waals surface area contributed by atoms with Gasteiger partial charge in [0.05, 0.1) is 24.7 Å². The molecule has 0 spiro atoms. The maximum absolute atomic E-state index is 13.2. The van der Waals surface area contributed by atoms with Gasteiger partial charge in [0, 0.05) is 44.6 Å². The van der Waals surface area contributed by atoms with E-state index in [1.165, 1.54) is 22.7 Å². The number of sulfonamides is 1. The molecule has 0 saturated carbocycles. The van der Waals surface area contributed by atoms with E-state index < -0.39 is 10.0 Å². The fourth-order valence-electron chi connectivity index (χ4n) is 5.22. The zero-order valence-electron chi connectivity index (χ0n) is 24.0. The highest BCUT2D eigenvalue weighted by molar-refractivity contribution is 7.89. The van der Waals surface area contributed by atoms with Gasteiger partial charge in [-0.15, -0.1) is 0 Å². The van der Waals surface area contributed by atoms with Crippen molar-refractivity contribution in [1.82, 2.24) is 18.7 Å². The minimum Gasteiger partial charge on any atom is -0.497 e. The van der Waals surface area contributed by atoms with Crippen LogP contribution in [-0.4, -0.2) is 87.6 Å². The quantitative estimate of drug-likeness (QED) is 0.356. The van der Waals surface area contributed by atoms with Gasteiger partial charge in [-0.1, -0.05) is 19.8 Å². The van der Waals surface area contributed by atoms with Gasteiger partial charge in [0.2, 0.25) is 15.9 Å². The first kappa shape index (κ1) is 30.1. The third kappa shape index (κ3) is 6.77. The first-order valence-corrected chi connectivity index (χ1v) is 14.8. The highest BCUT2D eigenvalue weighted by Crippen LogP contribution is 2.32. The van der Waals surface area contributed by atoms with Gasteiger partial charge < -0.3 is 23.8 Å². The zero-order chi connectivity index (χ0) is 28.0. The van der Waals surface area contributed by atoms with Crippen LogP contribution in [0.3, 0.4) is 0 Å². The summed E-state index contributed by atoms with van der Waals surface area (Å²) in [5.74, 6) is 0.569. The summed E-state index contributed by atoms with van der Waals surface area (Å²) in [6.45, 7) is 8.17. The van der Waals surface area contributed by atoms with Crippen molar-refractivity contribution < 1.29 is 22.7 Å². The van der Waals surface area contributed by atoms with Gasteiger partial charge in [-0.25, -0.2) is 8.42 Å². The van der Waals surface area contributed by atoms with Crippen LogP contribution in [0, 0.1) is 13.8 Å². The fourth-order valence-corrected chi connectivity index (χ4v) is 6.78. The van der Waals surface area contributed by atoms with Crippen molar-refractivity contribution in [3.63, 3.8) is 0 Å². The van der Waals surface area contributed by atoms with E-state index in [-0.39, 0.29) is 36.6 Å². The van der Waals surface area contributed by atoms with E-state index in [4.69, 9.17) is 9.47 Å². The molecule has 9 nitrogen and oxygen atoms in total. The van der Waals surface area contributed by atoms with E-state index in [0.717, 1.165) is 32.4 Å². The van der Waals surface area contributed by atoms with E-state index in [9.17, 15) is 13.2 Å². The second-order valence-electron chi connectivity index (χ2n) is 10.4. The number of methoxy groups -OCH3 is 1. The average molecular weight is 549 g/mol. The smallest absolute Gasteiger partial charge is 0.249 e. The number of nitrogens with zero attached hydrogens (tertiary/aromatic N) is 4. The van der Waals surface area contributed by atoms with Gasteiger partial charge in [-0.05, 0) is 69.8 Å². The van der Waals surface area contributed by atoms with Crippen molar-refractivity contribution in [3.8, 4) is 5.75 Å². The predicted molar refractivity (Wildman–Crippen MR) is 149 cm³/mol. The SMILES string of the molecule is CCCCC1c2ccc(CN(C)C)n2CCN1C(=O)COCCN(C)S(=O)(=O)c1c(C)cc(OC)cc1C. The number of benzene rings is 1. The van der Waals surface area contributed by atoms with Crippen molar-refractivity contribution >= 4 is 15.9 Å². The number of amides is 1.